The van der Waals surface area contributed by atoms with Gasteiger partial charge in [0.2, 0.25) is 0 Å². The van der Waals surface area contributed by atoms with Crippen LogP contribution in [0.25, 0.3) is 0 Å². The number of fused-ring (bicyclic) bond motifs is 5. The van der Waals surface area contributed by atoms with E-state index in [9.17, 15) is 10.2 Å². The summed E-state index contributed by atoms with van der Waals surface area (Å²) in [5, 5.41) is 23.1. The van der Waals surface area contributed by atoms with Crippen molar-refractivity contribution in [3.63, 3.8) is 0 Å². The fourth-order valence-electron chi connectivity index (χ4n) is 9.83. The first-order chi connectivity index (χ1) is 16.3. The van der Waals surface area contributed by atoms with E-state index in [1.54, 1.807) is 6.26 Å². The molecule has 2 N–H and O–H groups in total. The first-order valence-electron chi connectivity index (χ1n) is 14.1. The van der Waals surface area contributed by atoms with Crippen LogP contribution in [0.5, 0.6) is 0 Å². The van der Waals surface area contributed by atoms with E-state index >= 15 is 0 Å². The molecule has 5 fully saturated rings. The van der Waals surface area contributed by atoms with E-state index in [4.69, 9.17) is 9.15 Å². The van der Waals surface area contributed by atoms with Crippen molar-refractivity contribution in [2.45, 2.75) is 102 Å². The van der Waals surface area contributed by atoms with Gasteiger partial charge in [-0.3, -0.25) is 0 Å². The molecule has 1 aliphatic heterocycles. The van der Waals surface area contributed by atoms with Crippen molar-refractivity contribution in [3.05, 3.63) is 24.2 Å². The number of hydrogen-bond donors (Lipinski definition) is 2. The highest BCUT2D eigenvalue weighted by Gasteiger charge is 2.73. The van der Waals surface area contributed by atoms with Crippen LogP contribution in [0.15, 0.2) is 23.0 Å². The highest BCUT2D eigenvalue weighted by atomic mass is 16.5. The van der Waals surface area contributed by atoms with E-state index in [1.165, 1.54) is 25.9 Å². The third kappa shape index (κ3) is 3.19. The maximum absolute atomic E-state index is 12.7. The molecule has 0 radical (unpaired) electrons. The highest BCUT2D eigenvalue weighted by molar-refractivity contribution is 5.31. The Labute approximate surface area is 205 Å². The van der Waals surface area contributed by atoms with Gasteiger partial charge in [-0.25, -0.2) is 0 Å². The van der Waals surface area contributed by atoms with Gasteiger partial charge in [0.1, 0.15) is 5.60 Å². The van der Waals surface area contributed by atoms with E-state index in [0.29, 0.717) is 24.4 Å². The van der Waals surface area contributed by atoms with Crippen LogP contribution in [-0.2, 0) is 10.3 Å². The smallest absolute Gasteiger partial charge is 0.104 e. The number of ether oxygens (including phenoxy) is 1. The molecule has 4 aliphatic carbocycles. The van der Waals surface area contributed by atoms with Crippen LogP contribution in [0, 0.1) is 28.6 Å². The molecule has 0 bridgehead atoms. The lowest BCUT2D eigenvalue weighted by Crippen LogP contribution is -2.65. The summed E-state index contributed by atoms with van der Waals surface area (Å²) in [7, 11) is 0. The quantitative estimate of drug-likeness (QED) is 0.625. The monoisotopic (exact) mass is 471 g/mol. The Morgan fingerprint density at radius 3 is 2.62 bits per heavy atom. The zero-order valence-electron chi connectivity index (χ0n) is 21.3. The largest absolute Gasteiger partial charge is 0.472 e. The van der Waals surface area contributed by atoms with E-state index in [1.807, 2.05) is 6.26 Å². The van der Waals surface area contributed by atoms with Crippen LogP contribution >= 0.6 is 0 Å². The van der Waals surface area contributed by atoms with Crippen LogP contribution in [0.3, 0.4) is 0 Å². The second-order valence-corrected chi connectivity index (χ2v) is 13.0. The maximum atomic E-state index is 12.7. The Morgan fingerprint density at radius 1 is 1.03 bits per heavy atom. The molecular weight excluding hydrogens is 426 g/mol. The minimum atomic E-state index is -0.717. The third-order valence-corrected chi connectivity index (χ3v) is 11.9. The van der Waals surface area contributed by atoms with Crippen molar-refractivity contribution in [2.75, 3.05) is 26.2 Å². The lowest BCUT2D eigenvalue weighted by molar-refractivity contribution is -0.249. The SMILES string of the molecule is C[C@]12CCC3C(CC[C@@H]4C[C@@H](O)CC[C@]34C)[C@@]1(O)CC[C@]2(OCCN1CCCC1)c1ccoc1. The zero-order chi connectivity index (χ0) is 23.6. The lowest BCUT2D eigenvalue weighted by atomic mass is 9.43. The molecule has 190 valence electrons. The van der Waals surface area contributed by atoms with Crippen LogP contribution < -0.4 is 0 Å². The number of nitrogens with zero attached hydrogens (tertiary/aromatic N) is 1. The average molecular weight is 472 g/mol. The van der Waals surface area contributed by atoms with Gasteiger partial charge >= 0.3 is 0 Å². The van der Waals surface area contributed by atoms with Crippen molar-refractivity contribution in [1.82, 2.24) is 4.90 Å². The lowest BCUT2D eigenvalue weighted by Gasteiger charge is -2.64. The van der Waals surface area contributed by atoms with Gasteiger partial charge in [-0.2, -0.15) is 0 Å². The second-order valence-electron chi connectivity index (χ2n) is 13.0. The molecular formula is C29H45NO4. The van der Waals surface area contributed by atoms with Gasteiger partial charge in [0.25, 0.3) is 0 Å². The molecule has 8 atom stereocenters. The summed E-state index contributed by atoms with van der Waals surface area (Å²) in [5.41, 5.74) is -0.166. The van der Waals surface area contributed by atoms with Crippen LogP contribution in [0.2, 0.25) is 0 Å². The standard InChI is InChI=1S/C29H45NO4/c1-26-10-7-23(31)19-21(26)5-6-25-24(26)8-11-27(2)28(25,32)12-13-29(27,22-9-17-33-20-22)34-18-16-30-14-3-4-15-30/h9,17,20-21,23-25,31-32H,3-8,10-16,18-19H2,1-2H3/t21-,23+,24?,25?,26+,27+,28+,29+/m1/s1. The molecule has 34 heavy (non-hydrogen) atoms. The molecule has 0 aromatic carbocycles. The Kier molecular flexibility index (Phi) is 5.76. The van der Waals surface area contributed by atoms with Gasteiger partial charge in [0.15, 0.2) is 0 Å². The summed E-state index contributed by atoms with van der Waals surface area (Å²) < 4.78 is 12.6. The van der Waals surface area contributed by atoms with Gasteiger partial charge in [-0.15, -0.1) is 0 Å². The van der Waals surface area contributed by atoms with Gasteiger partial charge in [-0.05, 0) is 113 Å². The van der Waals surface area contributed by atoms with Crippen LogP contribution in [0.4, 0.5) is 0 Å². The molecule has 1 aromatic rings. The molecule has 5 heteroatoms. The Hall–Kier alpha value is -0.880. The summed E-state index contributed by atoms with van der Waals surface area (Å²) in [5.74, 6) is 1.46. The predicted octanol–water partition coefficient (Wildman–Crippen LogP) is 5.11. The number of likely N-dealkylation sites (tertiary alicyclic amines) is 1. The minimum Gasteiger partial charge on any atom is -0.472 e. The van der Waals surface area contributed by atoms with Crippen molar-refractivity contribution < 1.29 is 19.4 Å². The van der Waals surface area contributed by atoms with E-state index in [0.717, 1.165) is 69.9 Å². The second kappa shape index (κ2) is 8.33. The Balaban J connectivity index is 1.31. The Bertz CT molecular complexity index is 867. The third-order valence-electron chi connectivity index (χ3n) is 11.9. The number of aliphatic hydroxyl groups is 2. The molecule has 2 heterocycles. The molecule has 1 saturated heterocycles. The molecule has 4 saturated carbocycles. The number of rotatable bonds is 5. The topological polar surface area (TPSA) is 66.1 Å². The summed E-state index contributed by atoms with van der Waals surface area (Å²) in [6, 6.07) is 2.08. The van der Waals surface area contributed by atoms with Gasteiger partial charge in [0.05, 0.1) is 30.8 Å². The van der Waals surface area contributed by atoms with Crippen LogP contribution in [0.1, 0.15) is 90.0 Å². The van der Waals surface area contributed by atoms with Crippen molar-refractivity contribution in [3.8, 4) is 0 Å². The fourth-order valence-corrected chi connectivity index (χ4v) is 9.83. The fraction of sp³-hybridized carbons (Fsp3) is 0.862. The maximum Gasteiger partial charge on any atom is 0.104 e. The molecule has 1 aromatic heterocycles. The summed E-state index contributed by atoms with van der Waals surface area (Å²) >= 11 is 0. The zero-order valence-corrected chi connectivity index (χ0v) is 21.3. The van der Waals surface area contributed by atoms with Crippen molar-refractivity contribution >= 4 is 0 Å². The molecule has 5 aliphatic rings. The van der Waals surface area contributed by atoms with E-state index in [-0.39, 0.29) is 16.9 Å². The molecule has 2 unspecified atom stereocenters. The highest BCUT2D eigenvalue weighted by Crippen LogP contribution is 2.72. The first-order valence-corrected chi connectivity index (χ1v) is 14.1. The molecule has 5 nitrogen and oxygen atoms in total. The molecule has 6 rings (SSSR count). The number of aliphatic hydroxyl groups excluding tert-OH is 1. The van der Waals surface area contributed by atoms with Gasteiger partial charge in [0, 0.05) is 17.5 Å². The number of hydrogen-bond acceptors (Lipinski definition) is 5. The van der Waals surface area contributed by atoms with Crippen molar-refractivity contribution in [2.24, 2.45) is 28.6 Å². The summed E-state index contributed by atoms with van der Waals surface area (Å²) in [4.78, 5) is 2.52. The van der Waals surface area contributed by atoms with Crippen molar-refractivity contribution in [1.29, 1.82) is 0 Å². The first kappa shape index (κ1) is 23.5. The molecule has 0 spiro atoms. The Morgan fingerprint density at radius 2 is 1.85 bits per heavy atom. The molecule has 0 amide bonds. The summed E-state index contributed by atoms with van der Waals surface area (Å²) in [6.45, 7) is 8.86. The number of furan rings is 1. The average Bonchev–Trinajstić information content (AvgIpc) is 3.57. The van der Waals surface area contributed by atoms with E-state index in [2.05, 4.69) is 24.8 Å². The normalized spacial score (nSPS) is 48.9. The van der Waals surface area contributed by atoms with E-state index < -0.39 is 11.2 Å². The summed E-state index contributed by atoms with van der Waals surface area (Å²) in [6.07, 6.45) is 15.1. The predicted molar refractivity (Wildman–Crippen MR) is 131 cm³/mol. The van der Waals surface area contributed by atoms with Gasteiger partial charge < -0.3 is 24.3 Å². The minimum absolute atomic E-state index is 0.129. The van der Waals surface area contributed by atoms with Crippen LogP contribution in [-0.4, -0.2) is 53.1 Å². The van der Waals surface area contributed by atoms with Gasteiger partial charge in [-0.1, -0.05) is 13.8 Å².